The molecule has 3 heterocycles. The number of piperidine rings is 1. The van der Waals surface area contributed by atoms with Crippen molar-refractivity contribution in [2.75, 3.05) is 26.2 Å². The highest BCUT2D eigenvalue weighted by Gasteiger charge is 2.49. The van der Waals surface area contributed by atoms with Gasteiger partial charge in [0, 0.05) is 26.2 Å². The second kappa shape index (κ2) is 7.45. The van der Waals surface area contributed by atoms with Crippen molar-refractivity contribution in [1.29, 1.82) is 0 Å². The van der Waals surface area contributed by atoms with Crippen LogP contribution >= 0.6 is 0 Å². The topological polar surface area (TPSA) is 53.8 Å². The van der Waals surface area contributed by atoms with Gasteiger partial charge in [0.15, 0.2) is 5.76 Å². The Balaban J connectivity index is 1.37. The minimum atomic E-state index is -0.354. The molecule has 1 spiro atoms. The highest BCUT2D eigenvalue weighted by atomic mass is 16.3. The molecule has 4 rings (SSSR count). The summed E-state index contributed by atoms with van der Waals surface area (Å²) in [6.07, 6.45) is 12.2. The zero-order valence-corrected chi connectivity index (χ0v) is 15.6. The summed E-state index contributed by atoms with van der Waals surface area (Å²) in [5.41, 5.74) is -0.354. The zero-order valence-electron chi connectivity index (χ0n) is 15.6. The molecule has 2 saturated heterocycles. The fourth-order valence-corrected chi connectivity index (χ4v) is 5.16. The van der Waals surface area contributed by atoms with Gasteiger partial charge in [0.25, 0.3) is 5.91 Å². The third-order valence-corrected chi connectivity index (χ3v) is 6.73. The Bertz CT molecular complexity index is 636. The van der Waals surface area contributed by atoms with Gasteiger partial charge in [-0.2, -0.15) is 0 Å². The van der Waals surface area contributed by atoms with Crippen LogP contribution in [0.15, 0.2) is 22.8 Å². The molecule has 3 fully saturated rings. The van der Waals surface area contributed by atoms with Crippen LogP contribution in [-0.4, -0.2) is 47.8 Å². The number of hydrogen-bond donors (Lipinski definition) is 0. The van der Waals surface area contributed by atoms with Crippen LogP contribution in [0.5, 0.6) is 0 Å². The van der Waals surface area contributed by atoms with Gasteiger partial charge >= 0.3 is 0 Å². The van der Waals surface area contributed by atoms with E-state index in [4.69, 9.17) is 4.42 Å². The summed E-state index contributed by atoms with van der Waals surface area (Å²) in [7, 11) is 0. The first-order chi connectivity index (χ1) is 12.7. The molecule has 142 valence electrons. The molecule has 1 aromatic heterocycles. The summed E-state index contributed by atoms with van der Waals surface area (Å²) in [6.45, 7) is 2.99. The van der Waals surface area contributed by atoms with E-state index in [9.17, 15) is 9.59 Å². The molecule has 1 saturated carbocycles. The number of rotatable bonds is 4. The fourth-order valence-electron chi connectivity index (χ4n) is 5.16. The molecule has 1 aromatic rings. The number of likely N-dealkylation sites (tertiary alicyclic amines) is 2. The van der Waals surface area contributed by atoms with Gasteiger partial charge in [-0.3, -0.25) is 9.59 Å². The van der Waals surface area contributed by atoms with Crippen LogP contribution in [0.1, 0.15) is 68.3 Å². The van der Waals surface area contributed by atoms with Gasteiger partial charge in [-0.15, -0.1) is 0 Å². The Labute approximate surface area is 155 Å². The average molecular weight is 358 g/mol. The summed E-state index contributed by atoms with van der Waals surface area (Å²) >= 11 is 0. The highest BCUT2D eigenvalue weighted by molar-refractivity contribution is 5.93. The van der Waals surface area contributed by atoms with Gasteiger partial charge in [-0.1, -0.05) is 32.1 Å². The van der Waals surface area contributed by atoms with E-state index in [1.165, 1.54) is 38.4 Å². The van der Waals surface area contributed by atoms with Crippen LogP contribution in [0.2, 0.25) is 0 Å². The fraction of sp³-hybridized carbons (Fsp3) is 0.714. The van der Waals surface area contributed by atoms with Crippen molar-refractivity contribution in [3.8, 4) is 0 Å². The predicted molar refractivity (Wildman–Crippen MR) is 98.7 cm³/mol. The van der Waals surface area contributed by atoms with Crippen molar-refractivity contribution < 1.29 is 14.0 Å². The second-order valence-electron chi connectivity index (χ2n) is 8.42. The molecular weight excluding hydrogens is 328 g/mol. The lowest BCUT2D eigenvalue weighted by Crippen LogP contribution is -2.50. The lowest BCUT2D eigenvalue weighted by molar-refractivity contribution is -0.145. The molecule has 1 atom stereocenters. The summed E-state index contributed by atoms with van der Waals surface area (Å²) in [6, 6.07) is 3.43. The van der Waals surface area contributed by atoms with Gasteiger partial charge in [0.1, 0.15) is 0 Å². The van der Waals surface area contributed by atoms with E-state index >= 15 is 0 Å². The molecule has 2 amide bonds. The Hall–Kier alpha value is -1.78. The third kappa shape index (κ3) is 3.40. The monoisotopic (exact) mass is 358 g/mol. The van der Waals surface area contributed by atoms with Crippen molar-refractivity contribution in [3.05, 3.63) is 24.2 Å². The summed E-state index contributed by atoms with van der Waals surface area (Å²) in [5, 5.41) is 0. The molecule has 0 unspecified atom stereocenters. The van der Waals surface area contributed by atoms with E-state index in [0.717, 1.165) is 44.7 Å². The summed E-state index contributed by atoms with van der Waals surface area (Å²) < 4.78 is 5.25. The smallest absolute Gasteiger partial charge is 0.289 e. The van der Waals surface area contributed by atoms with Gasteiger partial charge in [-0.05, 0) is 43.7 Å². The first kappa shape index (κ1) is 17.6. The summed E-state index contributed by atoms with van der Waals surface area (Å²) in [5.74, 6) is 1.38. The molecule has 3 aliphatic rings. The van der Waals surface area contributed by atoms with Crippen molar-refractivity contribution in [2.45, 2.75) is 57.8 Å². The lowest BCUT2D eigenvalue weighted by atomic mass is 9.78. The van der Waals surface area contributed by atoms with E-state index in [0.29, 0.717) is 18.8 Å². The SMILES string of the molecule is O=C(c1ccco1)N1CC[C@]2(CCCN(CCC3CCCCC3)C2=O)C1. The largest absolute Gasteiger partial charge is 0.459 e. The molecule has 1 aliphatic carbocycles. The predicted octanol–water partition coefficient (Wildman–Crippen LogP) is 3.70. The highest BCUT2D eigenvalue weighted by Crippen LogP contribution is 2.41. The Morgan fingerprint density at radius 3 is 2.77 bits per heavy atom. The van der Waals surface area contributed by atoms with Crippen molar-refractivity contribution in [2.24, 2.45) is 11.3 Å². The average Bonchev–Trinajstić information content (AvgIpc) is 3.34. The van der Waals surface area contributed by atoms with E-state index in [2.05, 4.69) is 4.90 Å². The van der Waals surface area contributed by atoms with E-state index in [-0.39, 0.29) is 17.2 Å². The van der Waals surface area contributed by atoms with Crippen LogP contribution in [0.25, 0.3) is 0 Å². The standard InChI is InChI=1S/C21H30N2O3/c24-19(18-8-4-15-26-18)23-14-11-21(16-23)10-5-12-22(20(21)25)13-9-17-6-2-1-3-7-17/h4,8,15,17H,1-3,5-7,9-14,16H2/t21-/m1/s1. The number of carbonyl (C=O) groups is 2. The van der Waals surface area contributed by atoms with Gasteiger partial charge in [0.05, 0.1) is 11.7 Å². The van der Waals surface area contributed by atoms with Crippen molar-refractivity contribution in [3.63, 3.8) is 0 Å². The van der Waals surface area contributed by atoms with Gasteiger partial charge in [0.2, 0.25) is 5.91 Å². The third-order valence-electron chi connectivity index (χ3n) is 6.73. The minimum Gasteiger partial charge on any atom is -0.459 e. The number of carbonyl (C=O) groups excluding carboxylic acids is 2. The van der Waals surface area contributed by atoms with Crippen LogP contribution in [0.4, 0.5) is 0 Å². The van der Waals surface area contributed by atoms with Crippen LogP contribution in [0.3, 0.4) is 0 Å². The van der Waals surface area contributed by atoms with E-state index in [1.807, 2.05) is 0 Å². The normalized spacial score (nSPS) is 27.5. The number of nitrogens with zero attached hydrogens (tertiary/aromatic N) is 2. The molecule has 5 nitrogen and oxygen atoms in total. The zero-order chi connectivity index (χ0) is 18.0. The number of hydrogen-bond acceptors (Lipinski definition) is 3. The summed E-state index contributed by atoms with van der Waals surface area (Å²) in [4.78, 5) is 29.7. The number of furan rings is 1. The maximum Gasteiger partial charge on any atom is 0.289 e. The maximum absolute atomic E-state index is 13.2. The van der Waals surface area contributed by atoms with Crippen molar-refractivity contribution in [1.82, 2.24) is 9.80 Å². The molecule has 5 heteroatoms. The lowest BCUT2D eigenvalue weighted by Gasteiger charge is -2.40. The first-order valence-corrected chi connectivity index (χ1v) is 10.3. The Morgan fingerprint density at radius 1 is 1.15 bits per heavy atom. The molecule has 0 N–H and O–H groups in total. The Morgan fingerprint density at radius 2 is 2.00 bits per heavy atom. The first-order valence-electron chi connectivity index (χ1n) is 10.3. The molecule has 0 aromatic carbocycles. The minimum absolute atomic E-state index is 0.0843. The quantitative estimate of drug-likeness (QED) is 0.824. The molecule has 26 heavy (non-hydrogen) atoms. The van der Waals surface area contributed by atoms with Crippen LogP contribution in [-0.2, 0) is 4.79 Å². The molecule has 0 bridgehead atoms. The molecular formula is C21H30N2O3. The maximum atomic E-state index is 13.2. The molecule has 2 aliphatic heterocycles. The van der Waals surface area contributed by atoms with E-state index < -0.39 is 0 Å². The molecule has 0 radical (unpaired) electrons. The van der Waals surface area contributed by atoms with Crippen molar-refractivity contribution >= 4 is 11.8 Å². The number of amides is 2. The van der Waals surface area contributed by atoms with Crippen LogP contribution in [0, 0.1) is 11.3 Å². The van der Waals surface area contributed by atoms with Gasteiger partial charge < -0.3 is 14.2 Å². The van der Waals surface area contributed by atoms with E-state index in [1.54, 1.807) is 17.0 Å². The van der Waals surface area contributed by atoms with Crippen LogP contribution < -0.4 is 0 Å². The Kier molecular flexibility index (Phi) is 5.05. The second-order valence-corrected chi connectivity index (χ2v) is 8.42. The van der Waals surface area contributed by atoms with Gasteiger partial charge in [-0.25, -0.2) is 0 Å².